The number of hydrogen-bond acceptors (Lipinski definition) is 6. The minimum Gasteiger partial charge on any atom is -0.433 e. The zero-order valence-electron chi connectivity index (χ0n) is 17.6. The van der Waals surface area contributed by atoms with Crippen LogP contribution in [0.5, 0.6) is 0 Å². The monoisotopic (exact) mass is 522 g/mol. The number of carbonyl (C=O) groups excluding carboxylic acids is 1. The van der Waals surface area contributed by atoms with Gasteiger partial charge < -0.3 is 9.26 Å². The zero-order valence-corrected chi connectivity index (χ0v) is 19.2. The van der Waals surface area contributed by atoms with Gasteiger partial charge in [0.2, 0.25) is 5.60 Å². The number of alkyl halides is 4. The number of halogens is 5. The molecule has 32 heavy (non-hydrogen) atoms. The number of carbonyl (C=O) groups is 1. The lowest BCUT2D eigenvalue weighted by molar-refractivity contribution is -0.243. The van der Waals surface area contributed by atoms with Gasteiger partial charge in [-0.05, 0) is 51.7 Å². The van der Waals surface area contributed by atoms with Crippen LogP contribution >= 0.6 is 15.9 Å². The van der Waals surface area contributed by atoms with E-state index in [9.17, 15) is 22.4 Å². The summed E-state index contributed by atoms with van der Waals surface area (Å²) < 4.78 is 63.7. The lowest BCUT2D eigenvalue weighted by Gasteiger charge is -2.31. The molecule has 3 rings (SSSR count). The average Bonchev–Trinajstić information content (AvgIpc) is 3.25. The Kier molecular flexibility index (Phi) is 7.11. The van der Waals surface area contributed by atoms with Crippen molar-refractivity contribution < 1.29 is 31.6 Å². The first-order valence-corrected chi connectivity index (χ1v) is 10.9. The molecule has 0 spiro atoms. The molecule has 1 aliphatic rings. The highest BCUT2D eigenvalue weighted by molar-refractivity contribution is 9.10. The number of rotatable bonds is 9. The fraction of sp³-hybridized carbons (Fsp3) is 0.600. The van der Waals surface area contributed by atoms with Crippen LogP contribution in [0.2, 0.25) is 0 Å². The van der Waals surface area contributed by atoms with Crippen LogP contribution in [0, 0.1) is 0 Å². The first-order valence-electron chi connectivity index (χ1n) is 10.1. The van der Waals surface area contributed by atoms with Crippen LogP contribution in [0.4, 0.5) is 28.2 Å². The molecule has 1 fully saturated rings. The van der Waals surface area contributed by atoms with Crippen molar-refractivity contribution in [3.63, 3.8) is 0 Å². The molecule has 0 aliphatic heterocycles. The SMILES string of the molecule is CC(C)(OC(=O)N(CCCCCc1noc(C2(F)CC2)n1)c1cc(Br)ccn1)C(F)(F)F. The molecule has 0 saturated heterocycles. The molecule has 0 N–H and O–H groups in total. The molecule has 0 atom stereocenters. The van der Waals surface area contributed by atoms with Crippen molar-refractivity contribution in [1.29, 1.82) is 0 Å². The van der Waals surface area contributed by atoms with Crippen LogP contribution in [0.15, 0.2) is 27.3 Å². The quantitative estimate of drug-likeness (QED) is 0.302. The van der Waals surface area contributed by atoms with Gasteiger partial charge in [0.05, 0.1) is 0 Å². The molecule has 2 aromatic rings. The summed E-state index contributed by atoms with van der Waals surface area (Å²) in [5, 5.41) is 3.77. The lowest BCUT2D eigenvalue weighted by Crippen LogP contribution is -2.47. The second-order valence-corrected chi connectivity index (χ2v) is 9.07. The highest BCUT2D eigenvalue weighted by Crippen LogP contribution is 2.48. The second kappa shape index (κ2) is 9.32. The van der Waals surface area contributed by atoms with Gasteiger partial charge in [0.1, 0.15) is 5.82 Å². The summed E-state index contributed by atoms with van der Waals surface area (Å²) in [7, 11) is 0. The highest BCUT2D eigenvalue weighted by atomic mass is 79.9. The Balaban J connectivity index is 1.56. The van der Waals surface area contributed by atoms with Crippen molar-refractivity contribution in [2.45, 2.75) is 69.8 Å². The lowest BCUT2D eigenvalue weighted by atomic mass is 10.1. The first-order chi connectivity index (χ1) is 14.9. The molecule has 0 aromatic carbocycles. The van der Waals surface area contributed by atoms with Gasteiger partial charge in [-0.1, -0.05) is 27.5 Å². The van der Waals surface area contributed by atoms with Crippen molar-refractivity contribution in [2.75, 3.05) is 11.4 Å². The standard InChI is InChI=1S/C20H23BrF4N4O3/c1-18(2,20(23,24)25)31-17(30)29(15-12-13(21)7-10-26-15)11-5-3-4-6-14-27-16(32-28-14)19(22)8-9-19/h7,10,12H,3-6,8-9,11H2,1-2H3. The van der Waals surface area contributed by atoms with Crippen LogP contribution in [0.3, 0.4) is 0 Å². The molecule has 176 valence electrons. The van der Waals surface area contributed by atoms with Crippen molar-refractivity contribution >= 4 is 27.8 Å². The normalized spacial score (nSPS) is 15.5. The molecule has 2 aromatic heterocycles. The van der Waals surface area contributed by atoms with Gasteiger partial charge in [-0.25, -0.2) is 14.2 Å². The van der Waals surface area contributed by atoms with Gasteiger partial charge in [0.25, 0.3) is 5.89 Å². The van der Waals surface area contributed by atoms with Crippen LogP contribution < -0.4 is 4.90 Å². The Bertz CT molecular complexity index is 947. The summed E-state index contributed by atoms with van der Waals surface area (Å²) >= 11 is 3.26. The summed E-state index contributed by atoms with van der Waals surface area (Å²) in [6.07, 6.45) is -1.50. The van der Waals surface area contributed by atoms with Crippen LogP contribution in [-0.4, -0.2) is 39.5 Å². The van der Waals surface area contributed by atoms with Gasteiger partial charge in [-0.15, -0.1) is 0 Å². The number of ether oxygens (including phenoxy) is 1. The van der Waals surface area contributed by atoms with Gasteiger partial charge in [0.15, 0.2) is 11.5 Å². The number of amides is 1. The van der Waals surface area contributed by atoms with E-state index in [4.69, 9.17) is 9.26 Å². The van der Waals surface area contributed by atoms with Gasteiger partial charge >= 0.3 is 12.3 Å². The molecule has 1 aliphatic carbocycles. The minimum atomic E-state index is -4.72. The smallest absolute Gasteiger partial charge is 0.427 e. The number of hydrogen-bond donors (Lipinski definition) is 0. The first kappa shape index (κ1) is 24.4. The fourth-order valence-corrected chi connectivity index (χ4v) is 3.09. The minimum absolute atomic E-state index is 0.00873. The third-order valence-electron chi connectivity index (χ3n) is 5.05. The van der Waals surface area contributed by atoms with Crippen LogP contribution in [-0.2, 0) is 16.8 Å². The summed E-state index contributed by atoms with van der Waals surface area (Å²) in [5.41, 5.74) is -4.13. The molecule has 2 heterocycles. The summed E-state index contributed by atoms with van der Waals surface area (Å²) in [6.45, 7) is 1.68. The Hall–Kier alpha value is -2.24. The molecule has 7 nitrogen and oxygen atoms in total. The Morgan fingerprint density at radius 2 is 2.00 bits per heavy atom. The summed E-state index contributed by atoms with van der Waals surface area (Å²) in [5.74, 6) is 0.582. The number of anilines is 1. The highest BCUT2D eigenvalue weighted by Gasteiger charge is 2.52. The number of aromatic nitrogens is 3. The van der Waals surface area contributed by atoms with E-state index in [0.717, 1.165) is 18.7 Å². The average molecular weight is 523 g/mol. The Labute approximate surface area is 190 Å². The molecular formula is C20H23BrF4N4O3. The number of unbranched alkanes of at least 4 members (excludes halogenated alkanes) is 2. The predicted octanol–water partition coefficient (Wildman–Crippen LogP) is 5.88. The molecule has 12 heteroatoms. The topological polar surface area (TPSA) is 81.4 Å². The third kappa shape index (κ3) is 5.96. The van der Waals surface area contributed by atoms with E-state index in [0.29, 0.717) is 48.8 Å². The van der Waals surface area contributed by atoms with Gasteiger partial charge in [0, 0.05) is 23.6 Å². The predicted molar refractivity (Wildman–Crippen MR) is 110 cm³/mol. The molecular weight excluding hydrogens is 500 g/mol. The van der Waals surface area contributed by atoms with E-state index in [1.807, 2.05) is 0 Å². The molecule has 1 saturated carbocycles. The van der Waals surface area contributed by atoms with Crippen molar-refractivity contribution in [2.24, 2.45) is 0 Å². The maximum atomic E-state index is 13.9. The van der Waals surface area contributed by atoms with Crippen molar-refractivity contribution in [3.05, 3.63) is 34.5 Å². The van der Waals surface area contributed by atoms with E-state index < -0.39 is 23.5 Å². The number of nitrogens with zero attached hydrogens (tertiary/aromatic N) is 4. The third-order valence-corrected chi connectivity index (χ3v) is 5.55. The molecule has 0 bridgehead atoms. The van der Waals surface area contributed by atoms with E-state index in [2.05, 4.69) is 31.1 Å². The largest absolute Gasteiger partial charge is 0.433 e. The Morgan fingerprint density at radius 1 is 1.28 bits per heavy atom. The Morgan fingerprint density at radius 3 is 2.62 bits per heavy atom. The maximum Gasteiger partial charge on any atom is 0.427 e. The molecule has 0 radical (unpaired) electrons. The second-order valence-electron chi connectivity index (χ2n) is 8.15. The van der Waals surface area contributed by atoms with Gasteiger partial charge in [-0.2, -0.15) is 18.2 Å². The number of aryl methyl sites for hydroxylation is 1. The summed E-state index contributed by atoms with van der Waals surface area (Å²) in [6, 6.07) is 3.16. The van der Waals surface area contributed by atoms with E-state index in [-0.39, 0.29) is 18.3 Å². The molecule has 0 unspecified atom stereocenters. The maximum absolute atomic E-state index is 13.9. The van der Waals surface area contributed by atoms with E-state index in [1.54, 1.807) is 6.07 Å². The van der Waals surface area contributed by atoms with Crippen LogP contribution in [0.1, 0.15) is 57.7 Å². The van der Waals surface area contributed by atoms with Crippen molar-refractivity contribution in [1.82, 2.24) is 15.1 Å². The number of pyridine rings is 1. The molecule has 1 amide bonds. The van der Waals surface area contributed by atoms with Crippen LogP contribution in [0.25, 0.3) is 0 Å². The van der Waals surface area contributed by atoms with E-state index >= 15 is 0 Å². The van der Waals surface area contributed by atoms with Crippen molar-refractivity contribution in [3.8, 4) is 0 Å². The fourth-order valence-electron chi connectivity index (χ4n) is 2.76. The van der Waals surface area contributed by atoms with E-state index in [1.165, 1.54) is 12.3 Å². The summed E-state index contributed by atoms with van der Waals surface area (Å²) in [4.78, 5) is 21.8. The van der Waals surface area contributed by atoms with Gasteiger partial charge in [-0.3, -0.25) is 4.90 Å². The zero-order chi connectivity index (χ0) is 23.6.